The standard InChI is InChI=1S/C25H25N2O4PSe/c28-13-14-29-17-32(33)18-30-24-11-5-1-7-20(24)15-26-22-9-3-4-10-23(22)27-16-21-8-2-6-12-25(21)31-19-32/h1-12,15-16,28H,13-14,17-19H2. The normalized spacial score (nSPS) is 18.0. The van der Waals surface area contributed by atoms with Gasteiger partial charge in [0.05, 0.1) is 0 Å². The van der Waals surface area contributed by atoms with Gasteiger partial charge in [-0.3, -0.25) is 0 Å². The Bertz CT molecular complexity index is 1110. The van der Waals surface area contributed by atoms with Crippen molar-refractivity contribution in [3.8, 4) is 11.5 Å². The van der Waals surface area contributed by atoms with Gasteiger partial charge < -0.3 is 0 Å². The van der Waals surface area contributed by atoms with Crippen LogP contribution in [0, 0.1) is 0 Å². The van der Waals surface area contributed by atoms with Gasteiger partial charge in [-0.2, -0.15) is 0 Å². The summed E-state index contributed by atoms with van der Waals surface area (Å²) in [6, 6.07) is 23.3. The van der Waals surface area contributed by atoms with Gasteiger partial charge in [-0.25, -0.2) is 0 Å². The van der Waals surface area contributed by atoms with Crippen LogP contribution in [0.3, 0.4) is 0 Å². The molecule has 0 spiro atoms. The van der Waals surface area contributed by atoms with Crippen LogP contribution in [0.4, 0.5) is 11.4 Å². The van der Waals surface area contributed by atoms with Crippen LogP contribution in [-0.4, -0.2) is 64.9 Å². The Morgan fingerprint density at radius 1 is 0.788 bits per heavy atom. The Labute approximate surface area is 201 Å². The number of para-hydroxylation sites is 4. The van der Waals surface area contributed by atoms with Crippen molar-refractivity contribution in [1.29, 1.82) is 0 Å². The number of aliphatic hydroxyl groups is 1. The summed E-state index contributed by atoms with van der Waals surface area (Å²) in [5.41, 5.74) is 1.33. The maximum atomic E-state index is 9.14. The number of rotatable bonds is 4. The van der Waals surface area contributed by atoms with Gasteiger partial charge >= 0.3 is 201 Å². The van der Waals surface area contributed by atoms with Crippen LogP contribution < -0.4 is 9.47 Å². The van der Waals surface area contributed by atoms with Crippen molar-refractivity contribution in [1.82, 2.24) is 0 Å². The third kappa shape index (κ3) is 6.50. The van der Waals surface area contributed by atoms with Gasteiger partial charge in [-0.1, -0.05) is 0 Å². The Kier molecular flexibility index (Phi) is 8.27. The Hall–Kier alpha value is -2.53. The van der Waals surface area contributed by atoms with E-state index >= 15 is 0 Å². The molecule has 8 heteroatoms. The van der Waals surface area contributed by atoms with E-state index in [4.69, 9.17) is 29.3 Å². The summed E-state index contributed by atoms with van der Waals surface area (Å²) in [7, 11) is 0. The molecular weight excluding hydrogens is 502 g/mol. The fourth-order valence-corrected chi connectivity index (χ4v) is 5.75. The van der Waals surface area contributed by atoms with Gasteiger partial charge in [0.15, 0.2) is 0 Å². The topological polar surface area (TPSA) is 72.6 Å². The van der Waals surface area contributed by atoms with E-state index in [1.807, 2.05) is 72.8 Å². The Morgan fingerprint density at radius 3 is 1.79 bits per heavy atom. The molecule has 6 nitrogen and oxygen atoms in total. The van der Waals surface area contributed by atoms with Crippen molar-refractivity contribution in [2.75, 3.05) is 32.3 Å². The summed E-state index contributed by atoms with van der Waals surface area (Å²) in [6.07, 6.45) is 4.89. The molecule has 0 saturated carbocycles. The van der Waals surface area contributed by atoms with E-state index < -0.39 is 5.51 Å². The molecule has 0 aromatic heterocycles. The zero-order chi connectivity index (χ0) is 22.9. The molecule has 0 atom stereocenters. The summed E-state index contributed by atoms with van der Waals surface area (Å²) in [5.74, 6) is 1.47. The molecule has 0 aliphatic carbocycles. The molecular formula is C25H25N2O4PSe. The molecule has 0 fully saturated rings. The van der Waals surface area contributed by atoms with Crippen molar-refractivity contribution >= 4 is 44.4 Å². The predicted octanol–water partition coefficient (Wildman–Crippen LogP) is 4.94. The number of nitrogens with zero attached hydrogens (tertiary/aromatic N) is 2. The van der Waals surface area contributed by atoms with Crippen molar-refractivity contribution in [2.24, 2.45) is 9.98 Å². The monoisotopic (exact) mass is 528 g/mol. The van der Waals surface area contributed by atoms with E-state index in [9.17, 15) is 0 Å². The molecule has 1 aliphatic rings. The molecule has 1 N–H and O–H groups in total. The first kappa shape index (κ1) is 23.6. The van der Waals surface area contributed by atoms with E-state index in [1.54, 1.807) is 12.4 Å². The number of aliphatic imine (C=N–C) groups is 2. The zero-order valence-corrected chi connectivity index (χ0v) is 20.6. The summed E-state index contributed by atoms with van der Waals surface area (Å²) in [6.45, 7) is 0.245. The molecule has 3 aromatic carbocycles. The molecule has 4 rings (SSSR count). The van der Waals surface area contributed by atoms with Crippen LogP contribution in [0.5, 0.6) is 11.5 Å². The average molecular weight is 527 g/mol. The zero-order valence-electron chi connectivity index (χ0n) is 18.0. The average Bonchev–Trinajstić information content (AvgIpc) is 2.85. The molecule has 0 saturated heterocycles. The number of hydrogen-bond donors (Lipinski definition) is 1. The molecule has 0 amide bonds. The van der Waals surface area contributed by atoms with E-state index in [2.05, 4.69) is 15.1 Å². The van der Waals surface area contributed by atoms with E-state index in [0.717, 1.165) is 34.0 Å². The summed E-state index contributed by atoms with van der Waals surface area (Å²) < 4.78 is 18.2. The van der Waals surface area contributed by atoms with Crippen LogP contribution in [0.25, 0.3) is 0 Å². The van der Waals surface area contributed by atoms with Gasteiger partial charge in [0, 0.05) is 0 Å². The van der Waals surface area contributed by atoms with Crippen LogP contribution in [-0.2, 0) is 4.74 Å². The quantitative estimate of drug-likeness (QED) is 0.297. The number of aliphatic hydroxyl groups excluding tert-OH is 1. The van der Waals surface area contributed by atoms with Crippen LogP contribution >= 0.6 is 5.51 Å². The third-order valence-corrected chi connectivity index (χ3v) is 8.72. The van der Waals surface area contributed by atoms with E-state index in [-0.39, 0.29) is 13.2 Å². The van der Waals surface area contributed by atoms with Crippen LogP contribution in [0.2, 0.25) is 0 Å². The molecule has 0 radical (unpaired) electrons. The first-order valence-electron chi connectivity index (χ1n) is 10.5. The second-order valence-corrected chi connectivity index (χ2v) is 15.2. The van der Waals surface area contributed by atoms with Crippen molar-refractivity contribution in [3.63, 3.8) is 0 Å². The number of benzene rings is 3. The molecule has 1 aliphatic heterocycles. The Balaban J connectivity index is 1.74. The summed E-state index contributed by atoms with van der Waals surface area (Å²) in [5, 5.41) is 9.14. The van der Waals surface area contributed by atoms with Crippen molar-refractivity contribution in [3.05, 3.63) is 83.9 Å². The van der Waals surface area contributed by atoms with Gasteiger partial charge in [-0.15, -0.1) is 0 Å². The van der Waals surface area contributed by atoms with Gasteiger partial charge in [0.25, 0.3) is 0 Å². The molecule has 0 unspecified atom stereocenters. The second-order valence-electron chi connectivity index (χ2n) is 7.45. The van der Waals surface area contributed by atoms with Gasteiger partial charge in [0.1, 0.15) is 0 Å². The maximum absolute atomic E-state index is 9.14. The minimum atomic E-state index is -1.94. The van der Waals surface area contributed by atoms with Crippen LogP contribution in [0.15, 0.2) is 82.8 Å². The SMILES string of the molecule is OCCOCP1(=[Se])COc2ccccc2C=Nc2ccccc2N=Cc2ccccc2OC1. The minimum absolute atomic E-state index is 0.0269. The fourth-order valence-electron chi connectivity index (χ4n) is 3.18. The molecule has 1 heterocycles. The van der Waals surface area contributed by atoms with Crippen LogP contribution in [0.1, 0.15) is 11.1 Å². The van der Waals surface area contributed by atoms with E-state index in [0.29, 0.717) is 19.0 Å². The fraction of sp³-hybridized carbons (Fsp3) is 0.200. The molecule has 170 valence electrons. The number of ether oxygens (including phenoxy) is 3. The van der Waals surface area contributed by atoms with Crippen molar-refractivity contribution in [2.45, 2.75) is 0 Å². The molecule has 0 bridgehead atoms. The Morgan fingerprint density at radius 2 is 1.27 bits per heavy atom. The second kappa shape index (κ2) is 11.6. The molecule has 3 aromatic rings. The summed E-state index contributed by atoms with van der Waals surface area (Å²) >= 11 is 3.31. The number of hydrogen-bond acceptors (Lipinski definition) is 6. The van der Waals surface area contributed by atoms with Gasteiger partial charge in [-0.05, 0) is 0 Å². The van der Waals surface area contributed by atoms with Crippen molar-refractivity contribution < 1.29 is 19.3 Å². The first-order chi connectivity index (χ1) is 16.2. The third-order valence-electron chi connectivity index (χ3n) is 4.88. The first-order valence-corrected chi connectivity index (χ1v) is 15.1. The predicted molar refractivity (Wildman–Crippen MR) is 135 cm³/mol. The summed E-state index contributed by atoms with van der Waals surface area (Å²) in [4.78, 5) is 9.38. The number of fused-ring (bicyclic) bond motifs is 3. The van der Waals surface area contributed by atoms with Gasteiger partial charge in [0.2, 0.25) is 0 Å². The van der Waals surface area contributed by atoms with E-state index in [1.165, 1.54) is 0 Å². The molecule has 33 heavy (non-hydrogen) atoms.